The molecule has 1 aromatic carbocycles. The molecule has 1 aliphatic heterocycles. The first-order valence-electron chi connectivity index (χ1n) is 11.3. The number of aromatic nitrogens is 2. The fraction of sp³-hybridized carbons (Fsp3) is 0.458. The third-order valence-electron chi connectivity index (χ3n) is 6.16. The molecule has 1 fully saturated rings. The Hall–Kier alpha value is -2.82. The van der Waals surface area contributed by atoms with Crippen LogP contribution in [0.3, 0.4) is 0 Å². The van der Waals surface area contributed by atoms with Gasteiger partial charge in [0.25, 0.3) is 5.56 Å². The molecule has 4 rings (SSSR count). The number of carbonyl (C=O) groups is 1. The fourth-order valence-corrected chi connectivity index (χ4v) is 5.27. The summed E-state index contributed by atoms with van der Waals surface area (Å²) in [5.74, 6) is -0.547. The Labute approximate surface area is 198 Å². The molecule has 2 atom stereocenters. The molecule has 1 aliphatic rings. The molecule has 0 saturated carbocycles. The molecule has 3 N–H and O–H groups in total. The van der Waals surface area contributed by atoms with E-state index in [-0.39, 0.29) is 33.9 Å². The molecule has 3 aromatic rings. The van der Waals surface area contributed by atoms with Crippen molar-refractivity contribution in [1.29, 1.82) is 0 Å². The molecule has 9 nitrogen and oxygen atoms in total. The van der Waals surface area contributed by atoms with Crippen LogP contribution in [0.25, 0.3) is 22.2 Å². The number of benzene rings is 1. The Morgan fingerprint density at radius 2 is 2.06 bits per heavy atom. The minimum Gasteiger partial charge on any atom is -0.463 e. The van der Waals surface area contributed by atoms with Gasteiger partial charge in [-0.25, -0.2) is 18.1 Å². The number of carbonyl (C=O) groups excluding carboxylic acids is 1. The summed E-state index contributed by atoms with van der Waals surface area (Å²) in [6, 6.07) is 2.65. The highest BCUT2D eigenvalue weighted by molar-refractivity contribution is 7.88. The SMILES string of the molecule is CC(C)(C)c1cc(-c2ncc[nH]c2=O)cc2c(C(=O)C(NS(C)(=O)=O)C3CCCNC3)coc12. The molecule has 1 saturated heterocycles. The monoisotopic (exact) mass is 486 g/mol. The molecule has 182 valence electrons. The second kappa shape index (κ2) is 9.09. The fourth-order valence-electron chi connectivity index (χ4n) is 4.50. The van der Waals surface area contributed by atoms with Gasteiger partial charge in [0, 0.05) is 28.9 Å². The molecule has 10 heteroatoms. The summed E-state index contributed by atoms with van der Waals surface area (Å²) in [6.45, 7) is 7.41. The maximum Gasteiger partial charge on any atom is 0.274 e. The van der Waals surface area contributed by atoms with E-state index >= 15 is 0 Å². The Kier molecular flexibility index (Phi) is 6.50. The zero-order valence-electron chi connectivity index (χ0n) is 19.8. The van der Waals surface area contributed by atoms with Gasteiger partial charge in [-0.2, -0.15) is 0 Å². The van der Waals surface area contributed by atoms with Crippen molar-refractivity contribution in [3.63, 3.8) is 0 Å². The smallest absolute Gasteiger partial charge is 0.274 e. The molecular weight excluding hydrogens is 456 g/mol. The van der Waals surface area contributed by atoms with Crippen LogP contribution in [0.5, 0.6) is 0 Å². The van der Waals surface area contributed by atoms with Crippen molar-refractivity contribution in [1.82, 2.24) is 20.0 Å². The summed E-state index contributed by atoms with van der Waals surface area (Å²) in [5, 5.41) is 3.78. The third-order valence-corrected chi connectivity index (χ3v) is 6.84. The van der Waals surface area contributed by atoms with E-state index in [2.05, 4.69) is 20.0 Å². The molecule has 0 radical (unpaired) electrons. The number of Topliss-reactive ketones (excluding diaryl/α,β-unsaturated/α-hetero) is 1. The van der Waals surface area contributed by atoms with Crippen LogP contribution < -0.4 is 15.6 Å². The van der Waals surface area contributed by atoms with E-state index < -0.39 is 16.1 Å². The molecule has 3 heterocycles. The third kappa shape index (κ3) is 4.98. The highest BCUT2D eigenvalue weighted by Crippen LogP contribution is 2.37. The number of nitrogens with one attached hydrogen (secondary N) is 3. The standard InChI is InChI=1S/C24H30N4O5S/c1-24(2,3)18-11-15(20-23(30)27-9-8-26-20)10-16-17(13-33-22(16)18)21(29)19(28-34(4,31)32)14-6-5-7-25-12-14/h8-11,13-14,19,25,28H,5-7,12H2,1-4H3,(H,27,30). The number of rotatable bonds is 6. The van der Waals surface area contributed by atoms with Gasteiger partial charge in [0.15, 0.2) is 5.78 Å². The highest BCUT2D eigenvalue weighted by Gasteiger charge is 2.35. The van der Waals surface area contributed by atoms with E-state index in [1.54, 1.807) is 6.07 Å². The van der Waals surface area contributed by atoms with Crippen LogP contribution in [0.1, 0.15) is 49.5 Å². The lowest BCUT2D eigenvalue weighted by atomic mass is 9.83. The van der Waals surface area contributed by atoms with E-state index in [4.69, 9.17) is 4.42 Å². The topological polar surface area (TPSA) is 134 Å². The highest BCUT2D eigenvalue weighted by atomic mass is 32.2. The number of H-pyrrole nitrogens is 1. The summed E-state index contributed by atoms with van der Waals surface area (Å²) in [6.07, 6.45) is 6.99. The normalized spacial score (nSPS) is 18.2. The van der Waals surface area contributed by atoms with Gasteiger partial charge in [0.05, 0.1) is 17.9 Å². The van der Waals surface area contributed by atoms with E-state index in [1.165, 1.54) is 18.7 Å². The van der Waals surface area contributed by atoms with E-state index in [9.17, 15) is 18.0 Å². The second-order valence-corrected chi connectivity index (χ2v) is 11.7. The van der Waals surface area contributed by atoms with Crippen molar-refractivity contribution in [2.24, 2.45) is 5.92 Å². The van der Waals surface area contributed by atoms with Crippen molar-refractivity contribution >= 4 is 26.8 Å². The molecule has 0 spiro atoms. The Balaban J connectivity index is 1.89. The minimum atomic E-state index is -3.63. The van der Waals surface area contributed by atoms with Gasteiger partial charge < -0.3 is 14.7 Å². The zero-order valence-corrected chi connectivity index (χ0v) is 20.6. The number of fused-ring (bicyclic) bond motifs is 1. The van der Waals surface area contributed by atoms with Gasteiger partial charge in [0.2, 0.25) is 10.0 Å². The van der Waals surface area contributed by atoms with Gasteiger partial charge in [0.1, 0.15) is 17.5 Å². The maximum absolute atomic E-state index is 13.8. The van der Waals surface area contributed by atoms with Crippen LogP contribution in [0, 0.1) is 5.92 Å². The lowest BCUT2D eigenvalue weighted by molar-refractivity contribution is 0.0910. The van der Waals surface area contributed by atoms with Gasteiger partial charge in [-0.15, -0.1) is 0 Å². The van der Waals surface area contributed by atoms with E-state index in [0.29, 0.717) is 23.1 Å². The van der Waals surface area contributed by atoms with Gasteiger partial charge in [-0.3, -0.25) is 9.59 Å². The minimum absolute atomic E-state index is 0.190. The summed E-state index contributed by atoms with van der Waals surface area (Å²) >= 11 is 0. The lowest BCUT2D eigenvalue weighted by Gasteiger charge is -2.29. The van der Waals surface area contributed by atoms with Crippen LogP contribution in [0.4, 0.5) is 0 Å². The number of sulfonamides is 1. The molecule has 0 amide bonds. The van der Waals surface area contributed by atoms with Gasteiger partial charge >= 0.3 is 0 Å². The number of ketones is 1. The van der Waals surface area contributed by atoms with Crippen LogP contribution in [-0.4, -0.2) is 49.6 Å². The average molecular weight is 487 g/mol. The van der Waals surface area contributed by atoms with E-state index in [0.717, 1.165) is 31.2 Å². The maximum atomic E-state index is 13.8. The first-order chi connectivity index (χ1) is 16.0. The largest absolute Gasteiger partial charge is 0.463 e. The molecule has 2 unspecified atom stereocenters. The Bertz CT molecular complexity index is 1380. The van der Waals surface area contributed by atoms with Crippen LogP contribution in [0.2, 0.25) is 0 Å². The molecular formula is C24H30N4O5S. The zero-order chi connectivity index (χ0) is 24.7. The summed E-state index contributed by atoms with van der Waals surface area (Å²) in [7, 11) is -3.63. The van der Waals surface area contributed by atoms with Gasteiger partial charge in [-0.05, 0) is 49.4 Å². The van der Waals surface area contributed by atoms with Crippen molar-refractivity contribution in [3.8, 4) is 11.3 Å². The number of nitrogens with zero attached hydrogens (tertiary/aromatic N) is 1. The number of hydrogen-bond donors (Lipinski definition) is 3. The summed E-state index contributed by atoms with van der Waals surface area (Å²) in [4.78, 5) is 33.1. The molecule has 34 heavy (non-hydrogen) atoms. The lowest BCUT2D eigenvalue weighted by Crippen LogP contribution is -2.50. The second-order valence-electron chi connectivity index (χ2n) is 9.91. The van der Waals surface area contributed by atoms with Crippen molar-refractivity contribution in [2.75, 3.05) is 19.3 Å². The molecule has 0 aliphatic carbocycles. The first kappa shape index (κ1) is 24.3. The average Bonchev–Trinajstić information content (AvgIpc) is 3.20. The number of aromatic amines is 1. The van der Waals surface area contributed by atoms with Crippen LogP contribution in [0.15, 0.2) is 40.0 Å². The van der Waals surface area contributed by atoms with Crippen molar-refractivity contribution < 1.29 is 17.6 Å². The number of furan rings is 1. The predicted molar refractivity (Wildman–Crippen MR) is 130 cm³/mol. The predicted octanol–water partition coefficient (Wildman–Crippen LogP) is 2.58. The van der Waals surface area contributed by atoms with E-state index in [1.807, 2.05) is 26.8 Å². The van der Waals surface area contributed by atoms with Crippen LogP contribution >= 0.6 is 0 Å². The number of piperidine rings is 1. The van der Waals surface area contributed by atoms with Gasteiger partial charge in [-0.1, -0.05) is 20.8 Å². The first-order valence-corrected chi connectivity index (χ1v) is 13.2. The van der Waals surface area contributed by atoms with Crippen LogP contribution in [-0.2, 0) is 15.4 Å². The molecule has 0 bridgehead atoms. The Morgan fingerprint density at radius 1 is 1.29 bits per heavy atom. The van der Waals surface area contributed by atoms with Crippen molar-refractivity contribution in [2.45, 2.75) is 45.1 Å². The summed E-state index contributed by atoms with van der Waals surface area (Å²) < 4.78 is 32.7. The summed E-state index contributed by atoms with van der Waals surface area (Å²) in [5.41, 5.74) is 1.72. The Morgan fingerprint density at radius 3 is 2.68 bits per heavy atom. The molecule has 2 aromatic heterocycles. The van der Waals surface area contributed by atoms with Crippen molar-refractivity contribution in [3.05, 3.63) is 52.3 Å². The number of hydrogen-bond acceptors (Lipinski definition) is 7. The quantitative estimate of drug-likeness (QED) is 0.456.